The predicted molar refractivity (Wildman–Crippen MR) is 86.8 cm³/mol. The monoisotopic (exact) mass is 301 g/mol. The number of ether oxygens (including phenoxy) is 1. The van der Waals surface area contributed by atoms with Crippen LogP contribution in [0.2, 0.25) is 0 Å². The lowest BCUT2D eigenvalue weighted by Gasteiger charge is -2.32. The fraction of sp³-hybridized carbons (Fsp3) is 0.438. The molecule has 116 valence electrons. The number of nitrogens with one attached hydrogen (secondary N) is 1. The van der Waals surface area contributed by atoms with Crippen LogP contribution in [0.5, 0.6) is 5.75 Å². The van der Waals surface area contributed by atoms with Crippen molar-refractivity contribution in [1.82, 2.24) is 4.98 Å². The molecule has 1 aliphatic heterocycles. The Hall–Kier alpha value is -1.79. The van der Waals surface area contributed by atoms with Crippen LogP contribution >= 0.6 is 0 Å². The van der Waals surface area contributed by atoms with Gasteiger partial charge in [0.25, 0.3) is 5.56 Å². The lowest BCUT2D eigenvalue weighted by atomic mass is 9.78. The maximum atomic E-state index is 11.9. The van der Waals surface area contributed by atoms with Crippen LogP contribution in [-0.2, 0) is 9.31 Å². The molecule has 0 unspecified atom stereocenters. The van der Waals surface area contributed by atoms with Gasteiger partial charge in [0.1, 0.15) is 5.75 Å². The van der Waals surface area contributed by atoms with Crippen LogP contribution in [0.1, 0.15) is 27.7 Å². The Morgan fingerprint density at radius 3 is 2.32 bits per heavy atom. The summed E-state index contributed by atoms with van der Waals surface area (Å²) in [5.74, 6) is 0.618. The van der Waals surface area contributed by atoms with E-state index in [1.165, 1.54) is 0 Å². The number of aromatic nitrogens is 1. The highest BCUT2D eigenvalue weighted by atomic mass is 16.7. The molecule has 5 nitrogen and oxygen atoms in total. The Kier molecular flexibility index (Phi) is 3.34. The lowest BCUT2D eigenvalue weighted by Crippen LogP contribution is -2.41. The van der Waals surface area contributed by atoms with Crippen molar-refractivity contribution in [1.29, 1.82) is 0 Å². The van der Waals surface area contributed by atoms with Crippen LogP contribution < -0.4 is 15.8 Å². The first-order valence-electron chi connectivity index (χ1n) is 7.30. The number of H-pyrrole nitrogens is 1. The first kappa shape index (κ1) is 15.1. The predicted octanol–water partition coefficient (Wildman–Crippen LogP) is 1.84. The molecule has 0 bridgehead atoms. The van der Waals surface area contributed by atoms with E-state index >= 15 is 0 Å². The summed E-state index contributed by atoms with van der Waals surface area (Å²) in [6.45, 7) is 8.05. The highest BCUT2D eigenvalue weighted by Crippen LogP contribution is 2.36. The zero-order valence-corrected chi connectivity index (χ0v) is 13.5. The molecule has 0 radical (unpaired) electrons. The second kappa shape index (κ2) is 4.86. The lowest BCUT2D eigenvalue weighted by molar-refractivity contribution is 0.00578. The summed E-state index contributed by atoms with van der Waals surface area (Å²) < 4.78 is 17.4. The van der Waals surface area contributed by atoms with Crippen molar-refractivity contribution >= 4 is 23.4 Å². The number of fused-ring (bicyclic) bond motifs is 1. The van der Waals surface area contributed by atoms with Gasteiger partial charge in [-0.1, -0.05) is 12.1 Å². The molecule has 1 fully saturated rings. The van der Waals surface area contributed by atoms with Gasteiger partial charge in [-0.2, -0.15) is 0 Å². The van der Waals surface area contributed by atoms with Gasteiger partial charge in [0, 0.05) is 11.6 Å². The second-order valence-corrected chi connectivity index (χ2v) is 6.58. The van der Waals surface area contributed by atoms with Crippen LogP contribution in [0.25, 0.3) is 10.8 Å². The molecule has 1 aromatic heterocycles. The topological polar surface area (TPSA) is 60.6 Å². The Balaban J connectivity index is 2.09. The number of rotatable bonds is 2. The van der Waals surface area contributed by atoms with Crippen LogP contribution in [0.4, 0.5) is 0 Å². The van der Waals surface area contributed by atoms with E-state index in [-0.39, 0.29) is 5.56 Å². The molecule has 3 rings (SSSR count). The molecule has 0 atom stereocenters. The van der Waals surface area contributed by atoms with Crippen LogP contribution in [0.15, 0.2) is 29.2 Å². The van der Waals surface area contributed by atoms with E-state index in [0.717, 1.165) is 10.8 Å². The highest BCUT2D eigenvalue weighted by Gasteiger charge is 2.51. The van der Waals surface area contributed by atoms with Gasteiger partial charge >= 0.3 is 7.12 Å². The first-order valence-corrected chi connectivity index (χ1v) is 7.30. The number of hydrogen-bond acceptors (Lipinski definition) is 4. The maximum absolute atomic E-state index is 11.9. The van der Waals surface area contributed by atoms with E-state index in [2.05, 4.69) is 4.98 Å². The quantitative estimate of drug-likeness (QED) is 0.860. The molecule has 0 spiro atoms. The number of pyridine rings is 1. The van der Waals surface area contributed by atoms with Crippen molar-refractivity contribution in [2.24, 2.45) is 0 Å². The molecule has 2 heterocycles. The van der Waals surface area contributed by atoms with Crippen molar-refractivity contribution in [3.63, 3.8) is 0 Å². The third-order valence-electron chi connectivity index (χ3n) is 4.63. The number of aromatic amines is 1. The number of hydrogen-bond donors (Lipinski definition) is 1. The minimum Gasteiger partial charge on any atom is -0.495 e. The smallest absolute Gasteiger partial charge is 0.494 e. The van der Waals surface area contributed by atoms with Gasteiger partial charge in [0.15, 0.2) is 0 Å². The molecule has 2 aromatic rings. The molecule has 0 saturated carbocycles. The van der Waals surface area contributed by atoms with Gasteiger partial charge in [0.05, 0.1) is 23.7 Å². The van der Waals surface area contributed by atoms with Gasteiger partial charge in [-0.05, 0) is 39.2 Å². The van der Waals surface area contributed by atoms with Crippen molar-refractivity contribution in [3.8, 4) is 5.75 Å². The summed E-state index contributed by atoms with van der Waals surface area (Å²) >= 11 is 0. The first-order chi connectivity index (χ1) is 10.2. The summed E-state index contributed by atoms with van der Waals surface area (Å²) in [4.78, 5) is 14.6. The van der Waals surface area contributed by atoms with Crippen molar-refractivity contribution in [2.75, 3.05) is 7.11 Å². The zero-order valence-electron chi connectivity index (χ0n) is 13.5. The Bertz CT molecular complexity index is 765. The molecular formula is C16H20BNO4. The van der Waals surface area contributed by atoms with E-state index in [9.17, 15) is 4.79 Å². The Morgan fingerprint density at radius 2 is 1.73 bits per heavy atom. The summed E-state index contributed by atoms with van der Waals surface area (Å²) in [6.07, 6.45) is 1.57. The molecule has 1 aliphatic rings. The maximum Gasteiger partial charge on any atom is 0.494 e. The Labute approximate surface area is 129 Å². The van der Waals surface area contributed by atoms with E-state index in [0.29, 0.717) is 11.1 Å². The van der Waals surface area contributed by atoms with Gasteiger partial charge in [0.2, 0.25) is 0 Å². The molecular weight excluding hydrogens is 281 g/mol. The third-order valence-corrected chi connectivity index (χ3v) is 4.63. The van der Waals surface area contributed by atoms with E-state index in [1.807, 2.05) is 39.8 Å². The fourth-order valence-electron chi connectivity index (χ4n) is 2.54. The minimum atomic E-state index is -0.460. The largest absolute Gasteiger partial charge is 0.495 e. The molecule has 0 aliphatic carbocycles. The SMILES string of the molecule is COc1c[nH]c(=O)c2ccc(B3OC(C)(C)C(C)(C)O3)cc12. The summed E-state index contributed by atoms with van der Waals surface area (Å²) in [7, 11) is 1.12. The number of benzene rings is 1. The third kappa shape index (κ3) is 2.23. The molecule has 22 heavy (non-hydrogen) atoms. The molecule has 6 heteroatoms. The van der Waals surface area contributed by atoms with E-state index in [1.54, 1.807) is 19.4 Å². The average molecular weight is 301 g/mol. The Morgan fingerprint density at radius 1 is 1.09 bits per heavy atom. The summed E-state index contributed by atoms with van der Waals surface area (Å²) in [6, 6.07) is 5.53. The summed E-state index contributed by atoms with van der Waals surface area (Å²) in [5, 5.41) is 1.33. The normalized spacial score (nSPS) is 19.6. The standard InChI is InChI=1S/C16H20BNO4/c1-15(2)16(3,4)22-17(21-15)10-6-7-11-12(8-10)13(20-5)9-18-14(11)19/h6-9H,1-5H3,(H,18,19). The average Bonchev–Trinajstić information content (AvgIpc) is 2.68. The molecule has 1 aromatic carbocycles. The fourth-order valence-corrected chi connectivity index (χ4v) is 2.54. The van der Waals surface area contributed by atoms with Crippen molar-refractivity contribution in [2.45, 2.75) is 38.9 Å². The second-order valence-electron chi connectivity index (χ2n) is 6.58. The molecule has 1 N–H and O–H groups in total. The van der Waals surface area contributed by atoms with Crippen LogP contribution in [0, 0.1) is 0 Å². The van der Waals surface area contributed by atoms with E-state index in [4.69, 9.17) is 14.0 Å². The van der Waals surface area contributed by atoms with Crippen molar-refractivity contribution in [3.05, 3.63) is 34.7 Å². The number of methoxy groups -OCH3 is 1. The van der Waals surface area contributed by atoms with Gasteiger partial charge in [-0.3, -0.25) is 4.79 Å². The van der Waals surface area contributed by atoms with Gasteiger partial charge < -0.3 is 19.0 Å². The van der Waals surface area contributed by atoms with Crippen LogP contribution in [0.3, 0.4) is 0 Å². The van der Waals surface area contributed by atoms with E-state index < -0.39 is 18.3 Å². The molecule has 1 saturated heterocycles. The van der Waals surface area contributed by atoms with Gasteiger partial charge in [-0.15, -0.1) is 0 Å². The van der Waals surface area contributed by atoms with Crippen molar-refractivity contribution < 1.29 is 14.0 Å². The molecule has 0 amide bonds. The van der Waals surface area contributed by atoms with Gasteiger partial charge in [-0.25, -0.2) is 0 Å². The zero-order chi connectivity index (χ0) is 16.1. The minimum absolute atomic E-state index is 0.142. The summed E-state index contributed by atoms with van der Waals surface area (Å²) in [5.41, 5.74) is -0.0678. The highest BCUT2D eigenvalue weighted by molar-refractivity contribution is 6.62. The van der Waals surface area contributed by atoms with Crippen LogP contribution in [-0.4, -0.2) is 30.4 Å².